The van der Waals surface area contributed by atoms with Crippen LogP contribution in [0.25, 0.3) is 22.8 Å². The van der Waals surface area contributed by atoms with Gasteiger partial charge in [-0.3, -0.25) is 0 Å². The van der Waals surface area contributed by atoms with Crippen LogP contribution >= 0.6 is 11.3 Å². The van der Waals surface area contributed by atoms with E-state index >= 15 is 0 Å². The lowest BCUT2D eigenvalue weighted by Gasteiger charge is -2.08. The minimum atomic E-state index is -3.75. The van der Waals surface area contributed by atoms with Crippen LogP contribution in [0.15, 0.2) is 75.5 Å². The second-order valence-corrected chi connectivity index (χ2v) is 8.96. The fraction of sp³-hybridized carbons (Fsp3) is 0.100. The number of aromatic nitrogens is 2. The molecule has 142 valence electrons. The molecule has 0 fully saturated rings. The zero-order valence-electron chi connectivity index (χ0n) is 15.0. The third kappa shape index (κ3) is 3.89. The van der Waals surface area contributed by atoms with Gasteiger partial charge in [0, 0.05) is 17.0 Å². The van der Waals surface area contributed by atoms with E-state index in [1.807, 2.05) is 48.7 Å². The Balaban J connectivity index is 1.65. The van der Waals surface area contributed by atoms with E-state index in [4.69, 9.17) is 4.52 Å². The lowest BCUT2D eigenvalue weighted by Crippen LogP contribution is -2.23. The van der Waals surface area contributed by atoms with Gasteiger partial charge in [-0.1, -0.05) is 53.2 Å². The molecule has 0 aliphatic carbocycles. The van der Waals surface area contributed by atoms with Crippen LogP contribution in [0.2, 0.25) is 0 Å². The van der Waals surface area contributed by atoms with Crippen molar-refractivity contribution < 1.29 is 12.9 Å². The molecule has 0 bridgehead atoms. The molecule has 2 aromatic carbocycles. The van der Waals surface area contributed by atoms with Crippen molar-refractivity contribution in [1.29, 1.82) is 0 Å². The Morgan fingerprint density at radius 3 is 2.57 bits per heavy atom. The standard InChI is InChI=1S/C20H17N3O3S2/c1-14-8-10-15(11-9-14)19-22-20(26-23-19)17-6-2-3-7-18(17)28(24,25)21-13-16-5-4-12-27-16/h2-12,21H,13H2,1H3. The van der Waals surface area contributed by atoms with E-state index in [0.29, 0.717) is 11.4 Å². The maximum atomic E-state index is 12.8. The summed E-state index contributed by atoms with van der Waals surface area (Å²) in [5, 5.41) is 5.91. The molecule has 0 aliphatic heterocycles. The van der Waals surface area contributed by atoms with Crippen molar-refractivity contribution in [3.8, 4) is 22.8 Å². The first-order chi connectivity index (χ1) is 13.5. The average molecular weight is 412 g/mol. The third-order valence-electron chi connectivity index (χ3n) is 4.16. The van der Waals surface area contributed by atoms with E-state index in [-0.39, 0.29) is 17.3 Å². The Morgan fingerprint density at radius 1 is 1.04 bits per heavy atom. The molecule has 1 N–H and O–H groups in total. The summed E-state index contributed by atoms with van der Waals surface area (Å²) < 4.78 is 33.7. The van der Waals surface area contributed by atoms with Gasteiger partial charge in [-0.25, -0.2) is 13.1 Å². The molecule has 6 nitrogen and oxygen atoms in total. The Hall–Kier alpha value is -2.81. The van der Waals surface area contributed by atoms with Crippen LogP contribution in [0, 0.1) is 6.92 Å². The minimum absolute atomic E-state index is 0.102. The largest absolute Gasteiger partial charge is 0.334 e. The normalized spacial score (nSPS) is 11.6. The highest BCUT2D eigenvalue weighted by Gasteiger charge is 2.22. The van der Waals surface area contributed by atoms with Crippen LogP contribution < -0.4 is 4.72 Å². The number of sulfonamides is 1. The Bertz CT molecular complexity index is 1180. The van der Waals surface area contributed by atoms with Gasteiger partial charge in [-0.2, -0.15) is 4.98 Å². The lowest BCUT2D eigenvalue weighted by atomic mass is 10.1. The summed E-state index contributed by atoms with van der Waals surface area (Å²) in [4.78, 5) is 5.43. The first kappa shape index (κ1) is 18.5. The lowest BCUT2D eigenvalue weighted by molar-refractivity contribution is 0.431. The molecule has 8 heteroatoms. The second-order valence-electron chi connectivity index (χ2n) is 6.19. The first-order valence-electron chi connectivity index (χ1n) is 8.55. The summed E-state index contributed by atoms with van der Waals surface area (Å²) in [6.45, 7) is 2.22. The summed E-state index contributed by atoms with van der Waals surface area (Å²) in [6.07, 6.45) is 0. The molecule has 0 radical (unpaired) electrons. The zero-order chi connectivity index (χ0) is 19.6. The van der Waals surface area contributed by atoms with E-state index in [1.165, 1.54) is 17.4 Å². The predicted molar refractivity (Wildman–Crippen MR) is 108 cm³/mol. The summed E-state index contributed by atoms with van der Waals surface area (Å²) >= 11 is 1.49. The molecular formula is C20H17N3O3S2. The number of nitrogens with one attached hydrogen (secondary N) is 1. The number of benzene rings is 2. The van der Waals surface area contributed by atoms with Crippen molar-refractivity contribution >= 4 is 21.4 Å². The van der Waals surface area contributed by atoms with Crippen molar-refractivity contribution in [3.63, 3.8) is 0 Å². The summed E-state index contributed by atoms with van der Waals surface area (Å²) in [6, 6.07) is 18.1. The maximum absolute atomic E-state index is 12.8. The number of thiophene rings is 1. The second kappa shape index (κ2) is 7.67. The molecule has 4 rings (SSSR count). The molecular weight excluding hydrogens is 394 g/mol. The van der Waals surface area contributed by atoms with Crippen molar-refractivity contribution in [1.82, 2.24) is 14.9 Å². The Morgan fingerprint density at radius 2 is 1.82 bits per heavy atom. The van der Waals surface area contributed by atoms with Crippen molar-refractivity contribution in [2.45, 2.75) is 18.4 Å². The van der Waals surface area contributed by atoms with Crippen LogP contribution in [0.4, 0.5) is 0 Å². The van der Waals surface area contributed by atoms with Crippen LogP contribution in [-0.4, -0.2) is 18.6 Å². The first-order valence-corrected chi connectivity index (χ1v) is 10.9. The Labute approximate surface area is 166 Å². The molecule has 28 heavy (non-hydrogen) atoms. The van der Waals surface area contributed by atoms with Gasteiger partial charge >= 0.3 is 0 Å². The van der Waals surface area contributed by atoms with Crippen LogP contribution in [-0.2, 0) is 16.6 Å². The van der Waals surface area contributed by atoms with Crippen LogP contribution in [0.3, 0.4) is 0 Å². The topological polar surface area (TPSA) is 85.1 Å². The average Bonchev–Trinajstić information content (AvgIpc) is 3.39. The van der Waals surface area contributed by atoms with E-state index in [9.17, 15) is 8.42 Å². The number of nitrogens with zero attached hydrogens (tertiary/aromatic N) is 2. The van der Waals surface area contributed by atoms with Gasteiger partial charge in [0.05, 0.1) is 10.5 Å². The number of hydrogen-bond donors (Lipinski definition) is 1. The molecule has 0 saturated carbocycles. The fourth-order valence-electron chi connectivity index (χ4n) is 2.69. The van der Waals surface area contributed by atoms with Gasteiger partial charge in [0.25, 0.3) is 5.89 Å². The highest BCUT2D eigenvalue weighted by Crippen LogP contribution is 2.28. The fourth-order valence-corrected chi connectivity index (χ4v) is 4.63. The quantitative estimate of drug-likeness (QED) is 0.513. The van der Waals surface area contributed by atoms with Gasteiger partial charge in [-0.15, -0.1) is 11.3 Å². The monoisotopic (exact) mass is 411 g/mol. The summed E-state index contributed by atoms with van der Waals surface area (Å²) in [5.41, 5.74) is 2.30. The zero-order valence-corrected chi connectivity index (χ0v) is 16.6. The molecule has 0 unspecified atom stereocenters. The molecule has 0 aliphatic rings. The Kier molecular flexibility index (Phi) is 5.08. The minimum Gasteiger partial charge on any atom is -0.334 e. The van der Waals surface area contributed by atoms with Crippen LogP contribution in [0.5, 0.6) is 0 Å². The highest BCUT2D eigenvalue weighted by molar-refractivity contribution is 7.89. The molecule has 0 spiro atoms. The van der Waals surface area contributed by atoms with Gasteiger partial charge in [0.15, 0.2) is 0 Å². The van der Waals surface area contributed by atoms with Gasteiger partial charge in [0.2, 0.25) is 15.8 Å². The highest BCUT2D eigenvalue weighted by atomic mass is 32.2. The van der Waals surface area contributed by atoms with Gasteiger partial charge in [0.1, 0.15) is 0 Å². The number of rotatable bonds is 6. The number of aryl methyl sites for hydroxylation is 1. The third-order valence-corrected chi connectivity index (χ3v) is 6.50. The summed E-state index contributed by atoms with van der Waals surface area (Å²) in [7, 11) is -3.75. The SMILES string of the molecule is Cc1ccc(-c2noc(-c3ccccc3S(=O)(=O)NCc3cccs3)n2)cc1. The van der Waals surface area contributed by atoms with Crippen molar-refractivity contribution in [2.24, 2.45) is 0 Å². The number of hydrogen-bond acceptors (Lipinski definition) is 6. The predicted octanol–water partition coefficient (Wildman–Crippen LogP) is 4.25. The molecule has 0 amide bonds. The molecule has 0 saturated heterocycles. The molecule has 4 aromatic rings. The smallest absolute Gasteiger partial charge is 0.259 e. The molecule has 2 heterocycles. The van der Waals surface area contributed by atoms with Crippen LogP contribution in [0.1, 0.15) is 10.4 Å². The van der Waals surface area contributed by atoms with E-state index in [1.54, 1.807) is 18.2 Å². The maximum Gasteiger partial charge on any atom is 0.259 e. The summed E-state index contributed by atoms with van der Waals surface area (Å²) in [5.74, 6) is 0.571. The van der Waals surface area contributed by atoms with Crippen molar-refractivity contribution in [3.05, 3.63) is 76.5 Å². The van der Waals surface area contributed by atoms with Gasteiger partial charge in [-0.05, 0) is 30.5 Å². The van der Waals surface area contributed by atoms with E-state index in [0.717, 1.165) is 16.0 Å². The van der Waals surface area contributed by atoms with Crippen molar-refractivity contribution in [2.75, 3.05) is 0 Å². The molecule has 2 aromatic heterocycles. The molecule has 0 atom stereocenters. The van der Waals surface area contributed by atoms with Gasteiger partial charge < -0.3 is 4.52 Å². The van der Waals surface area contributed by atoms with E-state index in [2.05, 4.69) is 14.9 Å². The van der Waals surface area contributed by atoms with E-state index < -0.39 is 10.0 Å².